The average molecular weight is 283 g/mol. The summed E-state index contributed by atoms with van der Waals surface area (Å²) in [6.45, 7) is 1.65. The highest BCUT2D eigenvalue weighted by molar-refractivity contribution is 5.83. The molecule has 2 saturated heterocycles. The normalized spacial score (nSPS) is 23.9. The van der Waals surface area contributed by atoms with Crippen LogP contribution in [0.5, 0.6) is 0 Å². The number of carbonyl (C=O) groups is 3. The fourth-order valence-electron chi connectivity index (χ4n) is 3.05. The lowest BCUT2D eigenvalue weighted by atomic mass is 9.93. The van der Waals surface area contributed by atoms with E-state index in [0.29, 0.717) is 32.5 Å². The number of nitrogens with two attached hydrogens (primary N) is 1. The molecule has 3 N–H and O–H groups in total. The average Bonchev–Trinajstić information content (AvgIpc) is 2.87. The third-order valence-electron chi connectivity index (χ3n) is 4.16. The topological polar surface area (TPSA) is 104 Å². The molecule has 7 nitrogen and oxygen atoms in total. The first-order chi connectivity index (χ1) is 9.49. The first-order valence-electron chi connectivity index (χ1n) is 7.05. The first kappa shape index (κ1) is 14.6. The number of carbonyl (C=O) groups excluding carboxylic acids is 2. The van der Waals surface area contributed by atoms with E-state index in [1.54, 1.807) is 4.90 Å². The Labute approximate surface area is 117 Å². The molecule has 0 aromatic heterocycles. The Balaban J connectivity index is 1.88. The van der Waals surface area contributed by atoms with Crippen LogP contribution in [-0.2, 0) is 9.59 Å². The summed E-state index contributed by atoms with van der Waals surface area (Å²) in [4.78, 5) is 37.5. The maximum Gasteiger partial charge on any atom is 0.326 e. The molecule has 0 aromatic rings. The van der Waals surface area contributed by atoms with Crippen LogP contribution in [0.4, 0.5) is 4.79 Å². The zero-order valence-corrected chi connectivity index (χ0v) is 11.5. The van der Waals surface area contributed by atoms with E-state index in [9.17, 15) is 14.4 Å². The standard InChI is InChI=1S/C13H21N3O4/c14-11(17)8-9-3-6-15(7-4-9)13(20)16-5-1-2-10(16)12(18)19/h9-10H,1-8H2,(H2,14,17)(H,18,19)/t10-/m0/s1. The molecule has 0 saturated carbocycles. The van der Waals surface area contributed by atoms with Crippen LogP contribution in [0.1, 0.15) is 32.1 Å². The SMILES string of the molecule is NC(=O)CC1CCN(C(=O)N2CCC[C@H]2C(=O)O)CC1. The molecule has 0 aliphatic carbocycles. The number of piperidine rings is 1. The Bertz CT molecular complexity index is 404. The van der Waals surface area contributed by atoms with Crippen molar-refractivity contribution < 1.29 is 19.5 Å². The molecular weight excluding hydrogens is 262 g/mol. The number of primary amides is 1. The molecule has 112 valence electrons. The summed E-state index contributed by atoms with van der Waals surface area (Å²) < 4.78 is 0. The van der Waals surface area contributed by atoms with Crippen molar-refractivity contribution in [2.75, 3.05) is 19.6 Å². The van der Waals surface area contributed by atoms with E-state index in [0.717, 1.165) is 19.3 Å². The molecule has 1 atom stereocenters. The van der Waals surface area contributed by atoms with Gasteiger partial charge in [-0.2, -0.15) is 0 Å². The van der Waals surface area contributed by atoms with E-state index in [-0.39, 0.29) is 17.9 Å². The summed E-state index contributed by atoms with van der Waals surface area (Å²) in [5.74, 6) is -0.995. The Hall–Kier alpha value is -1.79. The maximum absolute atomic E-state index is 12.3. The van der Waals surface area contributed by atoms with Gasteiger partial charge in [0.1, 0.15) is 6.04 Å². The lowest BCUT2D eigenvalue weighted by Gasteiger charge is -2.35. The van der Waals surface area contributed by atoms with E-state index < -0.39 is 12.0 Å². The molecule has 0 spiro atoms. The first-order valence-corrected chi connectivity index (χ1v) is 7.05. The van der Waals surface area contributed by atoms with Crippen LogP contribution >= 0.6 is 0 Å². The second kappa shape index (κ2) is 6.11. The summed E-state index contributed by atoms with van der Waals surface area (Å²) in [5.41, 5.74) is 5.18. The lowest BCUT2D eigenvalue weighted by molar-refractivity contribution is -0.141. The summed E-state index contributed by atoms with van der Waals surface area (Å²) in [5, 5.41) is 9.11. The van der Waals surface area contributed by atoms with Gasteiger partial charge in [-0.1, -0.05) is 0 Å². The fourth-order valence-corrected chi connectivity index (χ4v) is 3.05. The van der Waals surface area contributed by atoms with Crippen molar-refractivity contribution in [2.45, 2.75) is 38.1 Å². The number of nitrogens with zero attached hydrogens (tertiary/aromatic N) is 2. The van der Waals surface area contributed by atoms with Crippen molar-refractivity contribution >= 4 is 17.9 Å². The van der Waals surface area contributed by atoms with Crippen molar-refractivity contribution in [3.8, 4) is 0 Å². The molecule has 20 heavy (non-hydrogen) atoms. The summed E-state index contributed by atoms with van der Waals surface area (Å²) in [6, 6.07) is -0.877. The van der Waals surface area contributed by atoms with Gasteiger partial charge in [0.05, 0.1) is 0 Å². The van der Waals surface area contributed by atoms with Crippen LogP contribution in [0, 0.1) is 5.92 Å². The number of amides is 3. The van der Waals surface area contributed by atoms with Crippen molar-refractivity contribution in [2.24, 2.45) is 11.7 Å². The third kappa shape index (κ3) is 3.20. The van der Waals surface area contributed by atoms with Gasteiger partial charge in [0, 0.05) is 26.1 Å². The zero-order chi connectivity index (χ0) is 14.7. The minimum atomic E-state index is -0.931. The van der Waals surface area contributed by atoms with Crippen LogP contribution in [-0.4, -0.2) is 58.5 Å². The Kier molecular flexibility index (Phi) is 4.46. The van der Waals surface area contributed by atoms with Gasteiger partial charge in [-0.15, -0.1) is 0 Å². The molecule has 2 aliphatic rings. The molecule has 0 radical (unpaired) electrons. The fraction of sp³-hybridized carbons (Fsp3) is 0.769. The summed E-state index contributed by atoms with van der Waals surface area (Å²) in [6.07, 6.45) is 3.13. The molecule has 7 heteroatoms. The van der Waals surface area contributed by atoms with Crippen LogP contribution in [0.15, 0.2) is 0 Å². The van der Waals surface area contributed by atoms with Gasteiger partial charge < -0.3 is 20.6 Å². The van der Waals surface area contributed by atoms with E-state index in [1.165, 1.54) is 4.90 Å². The summed E-state index contributed by atoms with van der Waals surface area (Å²) in [7, 11) is 0. The number of hydrogen-bond donors (Lipinski definition) is 2. The van der Waals surface area contributed by atoms with Crippen molar-refractivity contribution in [3.05, 3.63) is 0 Å². The van der Waals surface area contributed by atoms with Crippen molar-refractivity contribution in [3.63, 3.8) is 0 Å². The van der Waals surface area contributed by atoms with Gasteiger partial charge in [-0.05, 0) is 31.6 Å². The number of rotatable bonds is 3. The van der Waals surface area contributed by atoms with Gasteiger partial charge >= 0.3 is 12.0 Å². The number of likely N-dealkylation sites (tertiary alicyclic amines) is 2. The maximum atomic E-state index is 12.3. The molecule has 2 fully saturated rings. The van der Waals surface area contributed by atoms with Gasteiger partial charge in [0.2, 0.25) is 5.91 Å². The van der Waals surface area contributed by atoms with Gasteiger partial charge in [0.25, 0.3) is 0 Å². The highest BCUT2D eigenvalue weighted by atomic mass is 16.4. The molecule has 0 bridgehead atoms. The third-order valence-corrected chi connectivity index (χ3v) is 4.16. The molecule has 2 aliphatic heterocycles. The second-order valence-corrected chi connectivity index (χ2v) is 5.57. The molecule has 0 unspecified atom stereocenters. The van der Waals surface area contributed by atoms with Crippen LogP contribution in [0.25, 0.3) is 0 Å². The minimum Gasteiger partial charge on any atom is -0.480 e. The quantitative estimate of drug-likeness (QED) is 0.774. The monoisotopic (exact) mass is 283 g/mol. The molecule has 0 aromatic carbocycles. The van der Waals surface area contributed by atoms with Gasteiger partial charge in [-0.25, -0.2) is 9.59 Å². The smallest absolute Gasteiger partial charge is 0.326 e. The molecule has 3 amide bonds. The van der Waals surface area contributed by atoms with Crippen molar-refractivity contribution in [1.82, 2.24) is 9.80 Å². The predicted molar refractivity (Wildman–Crippen MR) is 70.9 cm³/mol. The number of carboxylic acid groups (broad SMARTS) is 1. The molecule has 2 rings (SSSR count). The Morgan fingerprint density at radius 1 is 1.10 bits per heavy atom. The van der Waals surface area contributed by atoms with E-state index in [2.05, 4.69) is 0 Å². The summed E-state index contributed by atoms with van der Waals surface area (Å²) >= 11 is 0. The van der Waals surface area contributed by atoms with Crippen LogP contribution in [0.2, 0.25) is 0 Å². The van der Waals surface area contributed by atoms with E-state index in [1.807, 2.05) is 0 Å². The van der Waals surface area contributed by atoms with Crippen molar-refractivity contribution in [1.29, 1.82) is 0 Å². The Morgan fingerprint density at radius 2 is 1.75 bits per heavy atom. The lowest BCUT2D eigenvalue weighted by Crippen LogP contribution is -2.50. The van der Waals surface area contributed by atoms with E-state index in [4.69, 9.17) is 10.8 Å². The molecule has 2 heterocycles. The Morgan fingerprint density at radius 3 is 2.30 bits per heavy atom. The number of urea groups is 1. The highest BCUT2D eigenvalue weighted by Gasteiger charge is 2.37. The van der Waals surface area contributed by atoms with E-state index >= 15 is 0 Å². The number of carboxylic acids is 1. The zero-order valence-electron chi connectivity index (χ0n) is 11.5. The minimum absolute atomic E-state index is 0.188. The van der Waals surface area contributed by atoms with Gasteiger partial charge in [0.15, 0.2) is 0 Å². The predicted octanol–water partition coefficient (Wildman–Crippen LogP) is 0.243. The second-order valence-electron chi connectivity index (χ2n) is 5.57. The van der Waals surface area contributed by atoms with Gasteiger partial charge in [-0.3, -0.25) is 4.79 Å². The largest absolute Gasteiger partial charge is 0.480 e. The van der Waals surface area contributed by atoms with Crippen LogP contribution in [0.3, 0.4) is 0 Å². The van der Waals surface area contributed by atoms with Crippen LogP contribution < -0.4 is 5.73 Å². The highest BCUT2D eigenvalue weighted by Crippen LogP contribution is 2.24. The number of hydrogen-bond acceptors (Lipinski definition) is 3. The number of aliphatic carboxylic acids is 1. The molecular formula is C13H21N3O4.